The molecule has 17 heavy (non-hydrogen) atoms. The van der Waals surface area contributed by atoms with Gasteiger partial charge in [-0.25, -0.2) is 8.42 Å². The Morgan fingerprint density at radius 2 is 2.12 bits per heavy atom. The van der Waals surface area contributed by atoms with Crippen LogP contribution < -0.4 is 5.32 Å². The van der Waals surface area contributed by atoms with Gasteiger partial charge in [-0.05, 0) is 32.1 Å². The average molecular weight is 263 g/mol. The highest BCUT2D eigenvalue weighted by atomic mass is 32.2. The van der Waals surface area contributed by atoms with Crippen LogP contribution in [0.15, 0.2) is 0 Å². The Morgan fingerprint density at radius 3 is 2.65 bits per heavy atom. The Morgan fingerprint density at radius 1 is 1.41 bits per heavy atom. The van der Waals surface area contributed by atoms with E-state index in [0.29, 0.717) is 12.1 Å². The molecule has 0 spiro atoms. The minimum Gasteiger partial charge on any atom is -0.396 e. The van der Waals surface area contributed by atoms with Crippen LogP contribution in [0.4, 0.5) is 0 Å². The Labute approximate surface area is 105 Å². The fraction of sp³-hybridized carbons (Fsp3) is 1.00. The molecule has 1 aliphatic rings. The van der Waals surface area contributed by atoms with Crippen molar-refractivity contribution in [2.45, 2.75) is 62.8 Å². The van der Waals surface area contributed by atoms with E-state index in [-0.39, 0.29) is 11.9 Å². The topological polar surface area (TPSA) is 66.4 Å². The molecule has 3 atom stereocenters. The third kappa shape index (κ3) is 4.94. The van der Waals surface area contributed by atoms with E-state index in [0.717, 1.165) is 38.5 Å². The summed E-state index contributed by atoms with van der Waals surface area (Å²) >= 11 is 0. The number of aliphatic hydroxyl groups is 1. The first-order chi connectivity index (χ1) is 7.97. The number of hydrogen-bond donors (Lipinski definition) is 2. The predicted octanol–water partition coefficient (Wildman–Crippen LogP) is 1.09. The van der Waals surface area contributed by atoms with Gasteiger partial charge in [0, 0.05) is 24.9 Å². The van der Waals surface area contributed by atoms with Crippen molar-refractivity contribution in [1.29, 1.82) is 0 Å². The molecule has 0 radical (unpaired) electrons. The SMILES string of the molecule is CCC(CCO)NC1CCCC(S(C)(=O)=O)C1. The Kier molecular flexibility index (Phi) is 5.89. The maximum Gasteiger partial charge on any atom is 0.150 e. The molecule has 1 fully saturated rings. The summed E-state index contributed by atoms with van der Waals surface area (Å²) in [5.74, 6) is 0. The molecule has 1 rings (SSSR count). The Bertz CT molecular complexity index is 316. The molecule has 0 aromatic rings. The van der Waals surface area contributed by atoms with Crippen LogP contribution in [0.3, 0.4) is 0 Å². The second-order valence-electron chi connectivity index (χ2n) is 5.10. The molecule has 0 aliphatic heterocycles. The molecule has 0 heterocycles. The highest BCUT2D eigenvalue weighted by molar-refractivity contribution is 7.91. The summed E-state index contributed by atoms with van der Waals surface area (Å²) in [4.78, 5) is 0. The molecule has 5 heteroatoms. The molecular weight excluding hydrogens is 238 g/mol. The molecule has 3 unspecified atom stereocenters. The zero-order chi connectivity index (χ0) is 12.9. The number of sulfone groups is 1. The average Bonchev–Trinajstić information content (AvgIpc) is 2.28. The molecule has 4 nitrogen and oxygen atoms in total. The van der Waals surface area contributed by atoms with Crippen molar-refractivity contribution in [3.63, 3.8) is 0 Å². The second-order valence-corrected chi connectivity index (χ2v) is 7.42. The van der Waals surface area contributed by atoms with Gasteiger partial charge in [0.25, 0.3) is 0 Å². The largest absolute Gasteiger partial charge is 0.396 e. The first-order valence-corrected chi connectivity index (χ1v) is 8.48. The Hall–Kier alpha value is -0.130. The van der Waals surface area contributed by atoms with Crippen LogP contribution in [-0.4, -0.2) is 43.7 Å². The van der Waals surface area contributed by atoms with Crippen molar-refractivity contribution >= 4 is 9.84 Å². The summed E-state index contributed by atoms with van der Waals surface area (Å²) < 4.78 is 23.1. The molecular formula is C12H25NO3S. The van der Waals surface area contributed by atoms with Crippen LogP contribution in [-0.2, 0) is 9.84 Å². The van der Waals surface area contributed by atoms with Gasteiger partial charge >= 0.3 is 0 Å². The van der Waals surface area contributed by atoms with E-state index in [4.69, 9.17) is 5.11 Å². The third-order valence-electron chi connectivity index (χ3n) is 3.67. The van der Waals surface area contributed by atoms with Crippen molar-refractivity contribution in [2.75, 3.05) is 12.9 Å². The summed E-state index contributed by atoms with van der Waals surface area (Å²) in [5.41, 5.74) is 0. The summed E-state index contributed by atoms with van der Waals surface area (Å²) in [7, 11) is -2.90. The molecule has 0 aromatic heterocycles. The molecule has 1 saturated carbocycles. The van der Waals surface area contributed by atoms with E-state index < -0.39 is 9.84 Å². The minimum atomic E-state index is -2.90. The van der Waals surface area contributed by atoms with Gasteiger partial charge in [-0.15, -0.1) is 0 Å². The van der Waals surface area contributed by atoms with Gasteiger partial charge in [0.1, 0.15) is 9.84 Å². The van der Waals surface area contributed by atoms with Gasteiger partial charge in [0.2, 0.25) is 0 Å². The van der Waals surface area contributed by atoms with Crippen molar-refractivity contribution in [2.24, 2.45) is 0 Å². The van der Waals surface area contributed by atoms with Crippen LogP contribution in [0.1, 0.15) is 45.4 Å². The lowest BCUT2D eigenvalue weighted by atomic mass is 9.94. The lowest BCUT2D eigenvalue weighted by Crippen LogP contribution is -2.43. The quantitative estimate of drug-likeness (QED) is 0.753. The van der Waals surface area contributed by atoms with Gasteiger partial charge in [0.15, 0.2) is 0 Å². The smallest absolute Gasteiger partial charge is 0.150 e. The van der Waals surface area contributed by atoms with Gasteiger partial charge in [-0.1, -0.05) is 13.3 Å². The zero-order valence-electron chi connectivity index (χ0n) is 10.9. The molecule has 1 aliphatic carbocycles. The molecule has 2 N–H and O–H groups in total. The van der Waals surface area contributed by atoms with E-state index in [2.05, 4.69) is 12.2 Å². The molecule has 0 amide bonds. The fourth-order valence-corrected chi connectivity index (χ4v) is 3.76. The lowest BCUT2D eigenvalue weighted by Gasteiger charge is -2.31. The number of hydrogen-bond acceptors (Lipinski definition) is 4. The second kappa shape index (κ2) is 6.71. The van der Waals surface area contributed by atoms with Crippen LogP contribution >= 0.6 is 0 Å². The standard InChI is InChI=1S/C12H25NO3S/c1-3-10(7-8-14)13-11-5-4-6-12(9-11)17(2,15)16/h10-14H,3-9H2,1-2H3. The van der Waals surface area contributed by atoms with Crippen LogP contribution in [0, 0.1) is 0 Å². The van der Waals surface area contributed by atoms with E-state index in [1.54, 1.807) is 0 Å². The van der Waals surface area contributed by atoms with E-state index in [9.17, 15) is 8.42 Å². The first kappa shape index (κ1) is 14.9. The van der Waals surface area contributed by atoms with Crippen molar-refractivity contribution in [3.8, 4) is 0 Å². The monoisotopic (exact) mass is 263 g/mol. The lowest BCUT2D eigenvalue weighted by molar-refractivity contribution is 0.245. The van der Waals surface area contributed by atoms with Crippen molar-refractivity contribution in [1.82, 2.24) is 5.32 Å². The van der Waals surface area contributed by atoms with Crippen LogP contribution in [0.25, 0.3) is 0 Å². The van der Waals surface area contributed by atoms with Gasteiger partial charge < -0.3 is 10.4 Å². The van der Waals surface area contributed by atoms with E-state index >= 15 is 0 Å². The number of nitrogens with one attached hydrogen (secondary N) is 1. The maximum absolute atomic E-state index is 11.5. The summed E-state index contributed by atoms with van der Waals surface area (Å²) in [6, 6.07) is 0.600. The van der Waals surface area contributed by atoms with Gasteiger partial charge in [0.05, 0.1) is 5.25 Å². The molecule has 102 valence electrons. The molecule has 0 aromatic carbocycles. The zero-order valence-corrected chi connectivity index (χ0v) is 11.7. The number of aliphatic hydroxyl groups excluding tert-OH is 1. The van der Waals surface area contributed by atoms with E-state index in [1.807, 2.05) is 0 Å². The first-order valence-electron chi connectivity index (χ1n) is 6.53. The van der Waals surface area contributed by atoms with Crippen LogP contribution in [0.2, 0.25) is 0 Å². The normalized spacial score (nSPS) is 27.9. The summed E-state index contributed by atoms with van der Waals surface area (Å²) in [6.45, 7) is 2.28. The molecule has 0 saturated heterocycles. The van der Waals surface area contributed by atoms with Crippen molar-refractivity contribution < 1.29 is 13.5 Å². The summed E-state index contributed by atoms with van der Waals surface area (Å²) in [6.07, 6.45) is 6.61. The summed E-state index contributed by atoms with van der Waals surface area (Å²) in [5, 5.41) is 12.2. The maximum atomic E-state index is 11.5. The fourth-order valence-electron chi connectivity index (χ4n) is 2.58. The highest BCUT2D eigenvalue weighted by Crippen LogP contribution is 2.24. The van der Waals surface area contributed by atoms with E-state index in [1.165, 1.54) is 6.26 Å². The highest BCUT2D eigenvalue weighted by Gasteiger charge is 2.29. The minimum absolute atomic E-state index is 0.180. The van der Waals surface area contributed by atoms with Crippen molar-refractivity contribution in [3.05, 3.63) is 0 Å². The number of rotatable bonds is 6. The van der Waals surface area contributed by atoms with Gasteiger partial charge in [-0.2, -0.15) is 0 Å². The van der Waals surface area contributed by atoms with Gasteiger partial charge in [-0.3, -0.25) is 0 Å². The van der Waals surface area contributed by atoms with Crippen LogP contribution in [0.5, 0.6) is 0 Å². The Balaban J connectivity index is 2.49. The molecule has 0 bridgehead atoms. The predicted molar refractivity (Wildman–Crippen MR) is 69.8 cm³/mol. The third-order valence-corrected chi connectivity index (χ3v) is 5.31.